The normalized spacial score (nSPS) is 21.9. The van der Waals surface area contributed by atoms with Gasteiger partial charge in [0, 0.05) is 19.6 Å². The van der Waals surface area contributed by atoms with Gasteiger partial charge in [-0.05, 0) is 49.3 Å². The molecule has 21 heavy (non-hydrogen) atoms. The fourth-order valence-corrected chi connectivity index (χ4v) is 3.61. The Kier molecular flexibility index (Phi) is 4.28. The number of rotatable bonds is 5. The molecule has 1 N–H and O–H groups in total. The zero-order valence-corrected chi connectivity index (χ0v) is 12.9. The predicted octanol–water partition coefficient (Wildman–Crippen LogP) is 2.37. The number of nitriles is 1. The van der Waals surface area contributed by atoms with Crippen molar-refractivity contribution in [3.8, 4) is 6.07 Å². The molecule has 1 unspecified atom stereocenters. The smallest absolute Gasteiger partial charge is 0.122 e. The first-order valence-corrected chi connectivity index (χ1v) is 8.23. The number of likely N-dealkylation sites (N-methyl/N-ethyl adjacent to an activating group) is 1. The summed E-state index contributed by atoms with van der Waals surface area (Å²) in [6.07, 6.45) is 4.62. The Morgan fingerprint density at radius 2 is 1.86 bits per heavy atom. The molecule has 0 radical (unpaired) electrons. The second-order valence-corrected chi connectivity index (χ2v) is 6.43. The van der Waals surface area contributed by atoms with E-state index >= 15 is 0 Å². The molecule has 1 fully saturated rings. The summed E-state index contributed by atoms with van der Waals surface area (Å²) in [5.41, 5.74) is 2.64. The monoisotopic (exact) mass is 283 g/mol. The van der Waals surface area contributed by atoms with E-state index in [2.05, 4.69) is 47.5 Å². The highest BCUT2D eigenvalue weighted by atomic mass is 15.2. The minimum atomic E-state index is -0.328. The van der Waals surface area contributed by atoms with E-state index in [1.54, 1.807) is 0 Å². The van der Waals surface area contributed by atoms with Crippen LogP contribution in [0.4, 0.5) is 0 Å². The quantitative estimate of drug-likeness (QED) is 0.901. The lowest BCUT2D eigenvalue weighted by Gasteiger charge is -2.33. The van der Waals surface area contributed by atoms with Crippen LogP contribution in [0.2, 0.25) is 0 Å². The third-order valence-corrected chi connectivity index (χ3v) is 4.95. The van der Waals surface area contributed by atoms with Gasteiger partial charge in [-0.25, -0.2) is 0 Å². The van der Waals surface area contributed by atoms with Crippen LogP contribution in [-0.2, 0) is 12.8 Å². The summed E-state index contributed by atoms with van der Waals surface area (Å²) in [4.78, 5) is 2.49. The first-order chi connectivity index (χ1) is 10.3. The largest absolute Gasteiger partial charge is 0.300 e. The van der Waals surface area contributed by atoms with Crippen LogP contribution in [0.25, 0.3) is 0 Å². The molecule has 1 atom stereocenters. The van der Waals surface area contributed by atoms with Gasteiger partial charge >= 0.3 is 0 Å². The molecule has 1 aliphatic carbocycles. The van der Waals surface area contributed by atoms with Gasteiger partial charge < -0.3 is 0 Å². The molecule has 0 saturated heterocycles. The summed E-state index contributed by atoms with van der Waals surface area (Å²) in [6, 6.07) is 11.4. The lowest BCUT2D eigenvalue weighted by atomic mass is 9.94. The fourth-order valence-electron chi connectivity index (χ4n) is 3.61. The van der Waals surface area contributed by atoms with Crippen LogP contribution in [0.1, 0.15) is 30.9 Å². The Hall–Kier alpha value is -1.37. The first-order valence-electron chi connectivity index (χ1n) is 8.23. The van der Waals surface area contributed by atoms with Crippen molar-refractivity contribution in [1.82, 2.24) is 10.2 Å². The summed E-state index contributed by atoms with van der Waals surface area (Å²) in [5, 5.41) is 13.2. The van der Waals surface area contributed by atoms with E-state index in [0.717, 1.165) is 39.0 Å². The van der Waals surface area contributed by atoms with E-state index in [-0.39, 0.29) is 5.54 Å². The van der Waals surface area contributed by atoms with E-state index in [1.807, 2.05) is 0 Å². The maximum absolute atomic E-state index is 9.75. The van der Waals surface area contributed by atoms with Crippen molar-refractivity contribution in [3.05, 3.63) is 35.4 Å². The molecule has 1 heterocycles. The van der Waals surface area contributed by atoms with Crippen molar-refractivity contribution in [2.45, 2.75) is 38.1 Å². The molecule has 3 nitrogen and oxygen atoms in total. The third-order valence-electron chi connectivity index (χ3n) is 4.95. The molecule has 0 amide bonds. The van der Waals surface area contributed by atoms with Crippen LogP contribution in [0.3, 0.4) is 0 Å². The number of hydrogen-bond acceptors (Lipinski definition) is 3. The number of benzene rings is 1. The summed E-state index contributed by atoms with van der Waals surface area (Å²) in [6.45, 7) is 5.98. The molecule has 0 bridgehead atoms. The molecule has 1 aromatic carbocycles. The number of nitrogens with zero attached hydrogens (tertiary/aromatic N) is 2. The molecule has 1 aromatic rings. The molecular formula is C18H25N3. The van der Waals surface area contributed by atoms with Gasteiger partial charge in [-0.2, -0.15) is 5.26 Å². The Morgan fingerprint density at radius 3 is 2.33 bits per heavy atom. The van der Waals surface area contributed by atoms with Crippen molar-refractivity contribution >= 4 is 0 Å². The van der Waals surface area contributed by atoms with Crippen molar-refractivity contribution < 1.29 is 0 Å². The lowest BCUT2D eigenvalue weighted by Crippen LogP contribution is -2.54. The SMILES string of the molecule is CCNC(C#N)(CN1CCc2ccccc2CC1)C1CC1. The first kappa shape index (κ1) is 14.6. The standard InChI is InChI=1S/C18H25N3/c1-2-20-18(13-19,17-7-8-17)14-21-11-9-15-5-3-4-6-16(15)10-12-21/h3-6,17,20H,2,7-12,14H2,1H3. The molecule has 2 aliphatic rings. The predicted molar refractivity (Wildman–Crippen MR) is 85.0 cm³/mol. The van der Waals surface area contributed by atoms with E-state index in [4.69, 9.17) is 0 Å². The Bertz CT molecular complexity index is 503. The Morgan fingerprint density at radius 1 is 1.24 bits per heavy atom. The van der Waals surface area contributed by atoms with Gasteiger partial charge in [0.25, 0.3) is 0 Å². The van der Waals surface area contributed by atoms with Gasteiger partial charge in [-0.3, -0.25) is 10.2 Å². The average molecular weight is 283 g/mol. The van der Waals surface area contributed by atoms with Gasteiger partial charge in [-0.15, -0.1) is 0 Å². The molecule has 0 aromatic heterocycles. The van der Waals surface area contributed by atoms with E-state index in [0.29, 0.717) is 5.92 Å². The fraction of sp³-hybridized carbons (Fsp3) is 0.611. The molecule has 1 aliphatic heterocycles. The Balaban J connectivity index is 1.69. The minimum Gasteiger partial charge on any atom is -0.300 e. The molecule has 112 valence electrons. The van der Waals surface area contributed by atoms with Gasteiger partial charge in [-0.1, -0.05) is 31.2 Å². The second-order valence-electron chi connectivity index (χ2n) is 6.43. The summed E-state index contributed by atoms with van der Waals surface area (Å²) in [7, 11) is 0. The van der Waals surface area contributed by atoms with Crippen LogP contribution >= 0.6 is 0 Å². The van der Waals surface area contributed by atoms with Gasteiger partial charge in [0.1, 0.15) is 5.54 Å². The van der Waals surface area contributed by atoms with Crippen LogP contribution < -0.4 is 5.32 Å². The Labute approximate surface area is 128 Å². The summed E-state index contributed by atoms with van der Waals surface area (Å²) >= 11 is 0. The molecule has 3 rings (SSSR count). The van der Waals surface area contributed by atoms with Gasteiger partial charge in [0.15, 0.2) is 0 Å². The van der Waals surface area contributed by atoms with Gasteiger partial charge in [0.05, 0.1) is 6.07 Å². The van der Waals surface area contributed by atoms with Crippen LogP contribution in [0.5, 0.6) is 0 Å². The highest BCUT2D eigenvalue weighted by Crippen LogP contribution is 2.40. The minimum absolute atomic E-state index is 0.328. The van der Waals surface area contributed by atoms with Crippen molar-refractivity contribution in [2.75, 3.05) is 26.2 Å². The van der Waals surface area contributed by atoms with Crippen molar-refractivity contribution in [3.63, 3.8) is 0 Å². The molecule has 1 saturated carbocycles. The zero-order valence-electron chi connectivity index (χ0n) is 12.9. The lowest BCUT2D eigenvalue weighted by molar-refractivity contribution is 0.204. The zero-order chi connectivity index (χ0) is 14.7. The molecule has 0 spiro atoms. The second kappa shape index (κ2) is 6.17. The van der Waals surface area contributed by atoms with Crippen LogP contribution in [0.15, 0.2) is 24.3 Å². The third kappa shape index (κ3) is 3.12. The van der Waals surface area contributed by atoms with E-state index in [9.17, 15) is 5.26 Å². The number of fused-ring (bicyclic) bond motifs is 1. The highest BCUT2D eigenvalue weighted by molar-refractivity contribution is 5.29. The van der Waals surface area contributed by atoms with Crippen molar-refractivity contribution in [1.29, 1.82) is 5.26 Å². The number of nitrogens with one attached hydrogen (secondary N) is 1. The van der Waals surface area contributed by atoms with Crippen LogP contribution in [-0.4, -0.2) is 36.6 Å². The maximum Gasteiger partial charge on any atom is 0.122 e. The molecule has 3 heteroatoms. The maximum atomic E-state index is 9.75. The molecular weight excluding hydrogens is 258 g/mol. The average Bonchev–Trinajstić information content (AvgIpc) is 3.35. The van der Waals surface area contributed by atoms with Crippen LogP contribution in [0, 0.1) is 17.2 Å². The van der Waals surface area contributed by atoms with Crippen molar-refractivity contribution in [2.24, 2.45) is 5.92 Å². The highest BCUT2D eigenvalue weighted by Gasteiger charge is 2.46. The van der Waals surface area contributed by atoms with E-state index < -0.39 is 0 Å². The van der Waals surface area contributed by atoms with Gasteiger partial charge in [0.2, 0.25) is 0 Å². The number of hydrogen-bond donors (Lipinski definition) is 1. The summed E-state index contributed by atoms with van der Waals surface area (Å²) in [5.74, 6) is 0.549. The topological polar surface area (TPSA) is 39.1 Å². The summed E-state index contributed by atoms with van der Waals surface area (Å²) < 4.78 is 0. The van der Waals surface area contributed by atoms with E-state index in [1.165, 1.54) is 24.0 Å².